The van der Waals surface area contributed by atoms with Crippen LogP contribution in [0.25, 0.3) is 0 Å². The molecule has 5 nitrogen and oxygen atoms in total. The number of carbonyl (C=O) groups is 1. The zero-order valence-electron chi connectivity index (χ0n) is 10.9. The predicted molar refractivity (Wildman–Crippen MR) is 74.6 cm³/mol. The molecule has 0 aromatic carbocycles. The van der Waals surface area contributed by atoms with Gasteiger partial charge in [-0.2, -0.15) is 5.10 Å². The topological polar surface area (TPSA) is 59.8 Å². The van der Waals surface area contributed by atoms with Gasteiger partial charge in [-0.15, -0.1) is 0 Å². The summed E-state index contributed by atoms with van der Waals surface area (Å²) < 4.78 is 1.72. The Balaban J connectivity index is 1.82. The van der Waals surface area contributed by atoms with Gasteiger partial charge in [0.05, 0.1) is 16.5 Å². The van der Waals surface area contributed by atoms with Crippen molar-refractivity contribution in [2.24, 2.45) is 7.05 Å². The Morgan fingerprint density at radius 3 is 3.00 bits per heavy atom. The van der Waals surface area contributed by atoms with E-state index in [0.29, 0.717) is 6.54 Å². The molecular weight excluding hydrogens is 260 g/mol. The molecule has 0 aliphatic heterocycles. The van der Waals surface area contributed by atoms with Crippen LogP contribution in [0.4, 0.5) is 0 Å². The van der Waals surface area contributed by atoms with E-state index in [-0.39, 0.29) is 11.2 Å². The molecule has 0 saturated carbocycles. The molecule has 0 bridgehead atoms. The minimum atomic E-state index is -0.174. The van der Waals surface area contributed by atoms with Crippen LogP contribution in [0.5, 0.6) is 0 Å². The van der Waals surface area contributed by atoms with Gasteiger partial charge in [0.1, 0.15) is 0 Å². The van der Waals surface area contributed by atoms with Crippen molar-refractivity contribution in [2.45, 2.75) is 23.7 Å². The lowest BCUT2D eigenvalue weighted by molar-refractivity contribution is -0.120. The molecule has 1 atom stereocenters. The molecule has 19 heavy (non-hydrogen) atoms. The number of carbonyl (C=O) groups excluding carboxylic acids is 1. The number of hydrogen-bond donors (Lipinski definition) is 1. The van der Waals surface area contributed by atoms with Crippen molar-refractivity contribution < 1.29 is 4.79 Å². The number of aryl methyl sites for hydroxylation is 1. The molecular formula is C13H16N4OS. The third-order valence-electron chi connectivity index (χ3n) is 2.53. The van der Waals surface area contributed by atoms with Crippen LogP contribution in [0.3, 0.4) is 0 Å². The number of rotatable bonds is 5. The normalized spacial score (nSPS) is 12.1. The molecule has 2 rings (SSSR count). The van der Waals surface area contributed by atoms with Crippen molar-refractivity contribution >= 4 is 17.7 Å². The summed E-state index contributed by atoms with van der Waals surface area (Å²) in [7, 11) is 1.85. The van der Waals surface area contributed by atoms with Crippen LogP contribution in [-0.2, 0) is 18.4 Å². The highest BCUT2D eigenvalue weighted by Crippen LogP contribution is 2.20. The summed E-state index contributed by atoms with van der Waals surface area (Å²) in [5.74, 6) is -0.000457. The van der Waals surface area contributed by atoms with Gasteiger partial charge in [-0.25, -0.2) is 4.98 Å². The fourth-order valence-corrected chi connectivity index (χ4v) is 2.38. The second kappa shape index (κ2) is 6.38. The van der Waals surface area contributed by atoms with Crippen LogP contribution in [0.1, 0.15) is 12.5 Å². The van der Waals surface area contributed by atoms with E-state index >= 15 is 0 Å². The van der Waals surface area contributed by atoms with Crippen LogP contribution in [-0.4, -0.2) is 25.9 Å². The van der Waals surface area contributed by atoms with Gasteiger partial charge in [0.2, 0.25) is 5.91 Å². The zero-order chi connectivity index (χ0) is 13.7. The molecule has 0 unspecified atom stereocenters. The maximum absolute atomic E-state index is 11.9. The van der Waals surface area contributed by atoms with Gasteiger partial charge in [0.25, 0.3) is 0 Å². The van der Waals surface area contributed by atoms with E-state index in [1.165, 1.54) is 11.8 Å². The summed E-state index contributed by atoms with van der Waals surface area (Å²) >= 11 is 1.45. The van der Waals surface area contributed by atoms with E-state index in [4.69, 9.17) is 0 Å². The molecule has 1 N–H and O–H groups in total. The second-order valence-corrected chi connectivity index (χ2v) is 5.53. The molecule has 100 valence electrons. The largest absolute Gasteiger partial charge is 0.351 e. The molecule has 2 aromatic rings. The summed E-state index contributed by atoms with van der Waals surface area (Å²) in [5.41, 5.74) is 0.992. The van der Waals surface area contributed by atoms with Crippen molar-refractivity contribution in [3.63, 3.8) is 0 Å². The summed E-state index contributed by atoms with van der Waals surface area (Å²) in [6, 6.07) is 5.67. The van der Waals surface area contributed by atoms with Gasteiger partial charge < -0.3 is 5.32 Å². The van der Waals surface area contributed by atoms with Crippen LogP contribution in [0.15, 0.2) is 41.8 Å². The van der Waals surface area contributed by atoms with Crippen molar-refractivity contribution in [2.75, 3.05) is 0 Å². The molecule has 0 fully saturated rings. The lowest BCUT2D eigenvalue weighted by atomic mass is 10.3. The highest BCUT2D eigenvalue weighted by Gasteiger charge is 2.14. The van der Waals surface area contributed by atoms with Crippen LogP contribution in [0, 0.1) is 0 Å². The Hall–Kier alpha value is -1.82. The Kier molecular flexibility index (Phi) is 4.57. The van der Waals surface area contributed by atoms with Gasteiger partial charge in [0.15, 0.2) is 0 Å². The Labute approximate surface area is 116 Å². The van der Waals surface area contributed by atoms with Gasteiger partial charge in [-0.3, -0.25) is 9.48 Å². The molecule has 0 radical (unpaired) electrons. The van der Waals surface area contributed by atoms with Crippen LogP contribution >= 0.6 is 11.8 Å². The first-order chi connectivity index (χ1) is 9.15. The Morgan fingerprint density at radius 2 is 2.37 bits per heavy atom. The zero-order valence-corrected chi connectivity index (χ0v) is 11.7. The van der Waals surface area contributed by atoms with Crippen molar-refractivity contribution in [1.29, 1.82) is 0 Å². The lowest BCUT2D eigenvalue weighted by Crippen LogP contribution is -2.30. The number of thioether (sulfide) groups is 1. The van der Waals surface area contributed by atoms with Gasteiger partial charge >= 0.3 is 0 Å². The number of nitrogens with zero attached hydrogens (tertiary/aromatic N) is 3. The first kappa shape index (κ1) is 13.6. The smallest absolute Gasteiger partial charge is 0.233 e. The highest BCUT2D eigenvalue weighted by atomic mass is 32.2. The fraction of sp³-hybridized carbons (Fsp3) is 0.308. The minimum absolute atomic E-state index is 0.000457. The van der Waals surface area contributed by atoms with Gasteiger partial charge in [-0.05, 0) is 19.1 Å². The summed E-state index contributed by atoms with van der Waals surface area (Å²) in [6.07, 6.45) is 5.36. The van der Waals surface area contributed by atoms with Crippen molar-refractivity contribution in [3.05, 3.63) is 42.4 Å². The van der Waals surface area contributed by atoms with E-state index in [2.05, 4.69) is 15.4 Å². The van der Waals surface area contributed by atoms with E-state index in [1.54, 1.807) is 17.1 Å². The Morgan fingerprint density at radius 1 is 1.53 bits per heavy atom. The first-order valence-corrected chi connectivity index (χ1v) is 6.86. The molecule has 0 aliphatic rings. The fourth-order valence-electron chi connectivity index (χ4n) is 1.55. The number of aromatic nitrogens is 3. The summed E-state index contributed by atoms with van der Waals surface area (Å²) in [4.78, 5) is 16.1. The molecule has 2 heterocycles. The average Bonchev–Trinajstić information content (AvgIpc) is 2.83. The SMILES string of the molecule is C[C@@H](Sc1ccccn1)C(=O)NCc1cnn(C)c1. The molecule has 0 saturated heterocycles. The summed E-state index contributed by atoms with van der Waals surface area (Å²) in [6.45, 7) is 2.37. The standard InChI is InChI=1S/C13H16N4OS/c1-10(19-12-5-3-4-6-14-12)13(18)15-7-11-8-16-17(2)9-11/h3-6,8-10H,7H2,1-2H3,(H,15,18)/t10-/m1/s1. The van der Waals surface area contributed by atoms with Crippen LogP contribution < -0.4 is 5.32 Å². The maximum atomic E-state index is 11.9. The van der Waals surface area contributed by atoms with Crippen LogP contribution in [0.2, 0.25) is 0 Å². The number of nitrogens with one attached hydrogen (secondary N) is 1. The maximum Gasteiger partial charge on any atom is 0.233 e. The molecule has 0 aliphatic carbocycles. The molecule has 2 aromatic heterocycles. The van der Waals surface area contributed by atoms with Crippen molar-refractivity contribution in [3.8, 4) is 0 Å². The lowest BCUT2D eigenvalue weighted by Gasteiger charge is -2.10. The Bertz CT molecular complexity index is 541. The third-order valence-corrected chi connectivity index (χ3v) is 3.58. The third kappa shape index (κ3) is 4.10. The van der Waals surface area contributed by atoms with E-state index in [1.807, 2.05) is 38.4 Å². The van der Waals surface area contributed by atoms with Gasteiger partial charge in [-0.1, -0.05) is 17.8 Å². The average molecular weight is 276 g/mol. The van der Waals surface area contributed by atoms with Gasteiger partial charge in [0, 0.05) is 31.5 Å². The van der Waals surface area contributed by atoms with E-state index < -0.39 is 0 Å². The second-order valence-electron chi connectivity index (χ2n) is 4.17. The quantitative estimate of drug-likeness (QED) is 0.843. The molecule has 6 heteroatoms. The van der Waals surface area contributed by atoms with Crippen molar-refractivity contribution in [1.82, 2.24) is 20.1 Å². The van der Waals surface area contributed by atoms with E-state index in [9.17, 15) is 4.79 Å². The summed E-state index contributed by atoms with van der Waals surface area (Å²) in [5, 5.41) is 7.63. The number of hydrogen-bond acceptors (Lipinski definition) is 4. The molecule has 1 amide bonds. The predicted octanol–water partition coefficient (Wildman–Crippen LogP) is 1.61. The highest BCUT2D eigenvalue weighted by molar-refractivity contribution is 8.00. The first-order valence-electron chi connectivity index (χ1n) is 5.98. The minimum Gasteiger partial charge on any atom is -0.351 e. The monoisotopic (exact) mass is 276 g/mol. The molecule has 0 spiro atoms. The number of pyridine rings is 1. The number of amides is 1. The van der Waals surface area contributed by atoms with E-state index in [0.717, 1.165) is 10.6 Å².